The Morgan fingerprint density at radius 1 is 1.42 bits per heavy atom. The maximum Gasteiger partial charge on any atom is 0.0930 e. The van der Waals surface area contributed by atoms with E-state index in [4.69, 9.17) is 5.26 Å². The van der Waals surface area contributed by atoms with Crippen LogP contribution in [-0.2, 0) is 6.42 Å². The third-order valence-electron chi connectivity index (χ3n) is 1.93. The smallest absolute Gasteiger partial charge is 0.0930 e. The van der Waals surface area contributed by atoms with E-state index in [0.29, 0.717) is 0 Å². The van der Waals surface area contributed by atoms with Crippen LogP contribution in [0.1, 0.15) is 5.56 Å². The summed E-state index contributed by atoms with van der Waals surface area (Å²) in [5.74, 6) is 0. The molecule has 1 aromatic carbocycles. The van der Waals surface area contributed by atoms with Crippen LogP contribution in [0.15, 0.2) is 36.0 Å². The van der Waals surface area contributed by atoms with Crippen LogP contribution < -0.4 is 5.32 Å². The highest BCUT2D eigenvalue weighted by atomic mass is 14.9. The molecule has 1 aromatic rings. The van der Waals surface area contributed by atoms with E-state index in [-0.39, 0.29) is 0 Å². The molecule has 0 aromatic heterocycles. The molecular weight excluding hydrogens is 148 g/mol. The number of rotatable bonds is 0. The summed E-state index contributed by atoms with van der Waals surface area (Å²) in [5.41, 5.74) is 3.37. The summed E-state index contributed by atoms with van der Waals surface area (Å²) in [4.78, 5) is 0. The molecule has 12 heavy (non-hydrogen) atoms. The van der Waals surface area contributed by atoms with Crippen LogP contribution in [-0.4, -0.2) is 0 Å². The average molecular weight is 156 g/mol. The molecule has 58 valence electrons. The minimum absolute atomic E-state index is 0.851. The van der Waals surface area contributed by atoms with Gasteiger partial charge in [-0.1, -0.05) is 18.2 Å². The lowest BCUT2D eigenvalue weighted by Gasteiger charge is -1.95. The van der Waals surface area contributed by atoms with E-state index >= 15 is 0 Å². The molecule has 0 radical (unpaired) electrons. The standard InChI is InChI=1S/C10H8N2/c11-6-5-9-7-8-3-1-2-4-10(8)12-9/h1-5,12H,7H2/b9-5-. The van der Waals surface area contributed by atoms with Crippen LogP contribution in [0, 0.1) is 11.3 Å². The summed E-state index contributed by atoms with van der Waals surface area (Å²) < 4.78 is 0. The summed E-state index contributed by atoms with van der Waals surface area (Å²) >= 11 is 0. The van der Waals surface area contributed by atoms with Gasteiger partial charge in [0.25, 0.3) is 0 Å². The highest BCUT2D eigenvalue weighted by molar-refractivity contribution is 5.62. The molecule has 0 amide bonds. The number of para-hydroxylation sites is 1. The number of anilines is 1. The Labute approximate surface area is 71.1 Å². The highest BCUT2D eigenvalue weighted by Crippen LogP contribution is 2.26. The molecule has 2 rings (SSSR count). The van der Waals surface area contributed by atoms with E-state index in [1.807, 2.05) is 24.3 Å². The molecule has 0 unspecified atom stereocenters. The van der Waals surface area contributed by atoms with Crippen molar-refractivity contribution >= 4 is 5.69 Å². The van der Waals surface area contributed by atoms with Gasteiger partial charge < -0.3 is 5.32 Å². The molecule has 0 bridgehead atoms. The van der Waals surface area contributed by atoms with Crippen LogP contribution in [0.4, 0.5) is 5.69 Å². The van der Waals surface area contributed by atoms with Crippen molar-refractivity contribution in [3.63, 3.8) is 0 Å². The van der Waals surface area contributed by atoms with Gasteiger partial charge in [0.1, 0.15) is 0 Å². The van der Waals surface area contributed by atoms with Gasteiger partial charge in [0, 0.05) is 23.9 Å². The van der Waals surface area contributed by atoms with E-state index < -0.39 is 0 Å². The predicted molar refractivity (Wildman–Crippen MR) is 47.5 cm³/mol. The molecule has 0 atom stereocenters. The maximum atomic E-state index is 8.44. The minimum Gasteiger partial charge on any atom is -0.358 e. The summed E-state index contributed by atoms with van der Waals surface area (Å²) in [7, 11) is 0. The normalized spacial score (nSPS) is 16.8. The van der Waals surface area contributed by atoms with Crippen molar-refractivity contribution < 1.29 is 0 Å². The van der Waals surface area contributed by atoms with E-state index in [2.05, 4.69) is 11.4 Å². The van der Waals surface area contributed by atoms with Crippen molar-refractivity contribution in [2.24, 2.45) is 0 Å². The van der Waals surface area contributed by atoms with E-state index in [1.54, 1.807) is 6.08 Å². The zero-order valence-electron chi connectivity index (χ0n) is 6.54. The van der Waals surface area contributed by atoms with Crippen molar-refractivity contribution in [1.29, 1.82) is 5.26 Å². The van der Waals surface area contributed by atoms with Crippen molar-refractivity contribution in [3.8, 4) is 6.07 Å². The fourth-order valence-corrected chi connectivity index (χ4v) is 1.38. The van der Waals surface area contributed by atoms with Gasteiger partial charge >= 0.3 is 0 Å². The number of hydrogen-bond donors (Lipinski definition) is 1. The monoisotopic (exact) mass is 156 g/mol. The van der Waals surface area contributed by atoms with Crippen molar-refractivity contribution in [3.05, 3.63) is 41.6 Å². The first-order valence-corrected chi connectivity index (χ1v) is 3.84. The predicted octanol–water partition coefficient (Wildman–Crippen LogP) is 2.06. The van der Waals surface area contributed by atoms with Crippen LogP contribution in [0.2, 0.25) is 0 Å². The fraction of sp³-hybridized carbons (Fsp3) is 0.100. The zero-order valence-corrected chi connectivity index (χ0v) is 6.54. The van der Waals surface area contributed by atoms with Gasteiger partial charge in [-0.2, -0.15) is 5.26 Å². The number of allylic oxidation sites excluding steroid dienone is 2. The molecule has 1 N–H and O–H groups in total. The Kier molecular flexibility index (Phi) is 1.56. The molecular formula is C10H8N2. The van der Waals surface area contributed by atoms with Gasteiger partial charge in [-0.25, -0.2) is 0 Å². The minimum atomic E-state index is 0.851. The number of nitrogens with zero attached hydrogens (tertiary/aromatic N) is 1. The summed E-state index contributed by atoms with van der Waals surface area (Å²) in [6, 6.07) is 10.1. The SMILES string of the molecule is N#C/C=C1/Cc2ccccc2N1. The van der Waals surface area contributed by atoms with Crippen LogP contribution >= 0.6 is 0 Å². The molecule has 2 nitrogen and oxygen atoms in total. The number of nitriles is 1. The fourth-order valence-electron chi connectivity index (χ4n) is 1.38. The molecule has 0 fully saturated rings. The van der Waals surface area contributed by atoms with Gasteiger partial charge in [0.15, 0.2) is 0 Å². The second-order valence-electron chi connectivity index (χ2n) is 2.76. The van der Waals surface area contributed by atoms with Gasteiger partial charge in [-0.15, -0.1) is 0 Å². The highest BCUT2D eigenvalue weighted by Gasteiger charge is 2.12. The first-order valence-electron chi connectivity index (χ1n) is 3.84. The number of hydrogen-bond acceptors (Lipinski definition) is 2. The Morgan fingerprint density at radius 3 is 3.00 bits per heavy atom. The molecule has 1 aliphatic heterocycles. The molecule has 1 aliphatic rings. The molecule has 0 spiro atoms. The third-order valence-corrected chi connectivity index (χ3v) is 1.93. The van der Waals surface area contributed by atoms with Crippen molar-refractivity contribution in [2.45, 2.75) is 6.42 Å². The Hall–Kier alpha value is -1.75. The second kappa shape index (κ2) is 2.71. The molecule has 1 heterocycles. The van der Waals surface area contributed by atoms with Crippen LogP contribution in [0.3, 0.4) is 0 Å². The Balaban J connectivity index is 2.35. The number of benzene rings is 1. The molecule has 0 saturated heterocycles. The number of nitrogens with one attached hydrogen (secondary N) is 1. The quantitative estimate of drug-likeness (QED) is 0.583. The Morgan fingerprint density at radius 2 is 2.25 bits per heavy atom. The van der Waals surface area contributed by atoms with Gasteiger partial charge in [-0.05, 0) is 11.6 Å². The number of fused-ring (bicyclic) bond motifs is 1. The topological polar surface area (TPSA) is 35.8 Å². The molecule has 2 heteroatoms. The first kappa shape index (κ1) is 6.93. The first-order chi connectivity index (χ1) is 5.90. The largest absolute Gasteiger partial charge is 0.358 e. The molecule has 0 aliphatic carbocycles. The van der Waals surface area contributed by atoms with Crippen LogP contribution in [0.5, 0.6) is 0 Å². The van der Waals surface area contributed by atoms with Gasteiger partial charge in [0.05, 0.1) is 6.07 Å². The summed E-state index contributed by atoms with van der Waals surface area (Å²) in [6.07, 6.45) is 2.41. The lowest BCUT2D eigenvalue weighted by atomic mass is 10.1. The lowest BCUT2D eigenvalue weighted by Crippen LogP contribution is -1.89. The molecule has 0 saturated carbocycles. The average Bonchev–Trinajstić information content (AvgIpc) is 2.47. The third kappa shape index (κ3) is 1.06. The van der Waals surface area contributed by atoms with Gasteiger partial charge in [0.2, 0.25) is 0 Å². The summed E-state index contributed by atoms with van der Waals surface area (Å²) in [5, 5.41) is 11.6. The van der Waals surface area contributed by atoms with E-state index in [1.165, 1.54) is 5.56 Å². The van der Waals surface area contributed by atoms with E-state index in [9.17, 15) is 0 Å². The zero-order chi connectivity index (χ0) is 8.39. The van der Waals surface area contributed by atoms with E-state index in [0.717, 1.165) is 17.8 Å². The van der Waals surface area contributed by atoms with Crippen LogP contribution in [0.25, 0.3) is 0 Å². The van der Waals surface area contributed by atoms with Crippen molar-refractivity contribution in [2.75, 3.05) is 5.32 Å². The summed E-state index contributed by atoms with van der Waals surface area (Å²) in [6.45, 7) is 0. The second-order valence-corrected chi connectivity index (χ2v) is 2.76. The van der Waals surface area contributed by atoms with Gasteiger partial charge in [-0.3, -0.25) is 0 Å². The maximum absolute atomic E-state index is 8.44. The van der Waals surface area contributed by atoms with Crippen molar-refractivity contribution in [1.82, 2.24) is 0 Å². The lowest BCUT2D eigenvalue weighted by molar-refractivity contribution is 1.25. The Bertz CT molecular complexity index is 345.